The van der Waals surface area contributed by atoms with Crippen LogP contribution < -0.4 is 10.1 Å². The van der Waals surface area contributed by atoms with E-state index in [1.54, 1.807) is 18.2 Å². The summed E-state index contributed by atoms with van der Waals surface area (Å²) in [5, 5.41) is 3.21. The number of amides is 1. The predicted octanol–water partition coefficient (Wildman–Crippen LogP) is 6.23. The zero-order chi connectivity index (χ0) is 19.5. The van der Waals surface area contributed by atoms with Crippen molar-refractivity contribution >= 4 is 29.3 Å². The van der Waals surface area contributed by atoms with Crippen molar-refractivity contribution in [2.24, 2.45) is 0 Å². The number of carbonyl (C=O) groups excluding carboxylic acids is 1. The minimum Gasteiger partial charge on any atom is -0.495 e. The second-order valence-electron chi connectivity index (χ2n) is 6.67. The molecule has 3 aromatic carbocycles. The summed E-state index contributed by atoms with van der Waals surface area (Å²) in [6.07, 6.45) is 6.59. The van der Waals surface area contributed by atoms with Crippen LogP contribution in [0.15, 0.2) is 66.7 Å². The second kappa shape index (κ2) is 7.91. The van der Waals surface area contributed by atoms with Gasteiger partial charge in [0.25, 0.3) is 5.91 Å². The fourth-order valence-corrected chi connectivity index (χ4v) is 3.78. The summed E-state index contributed by atoms with van der Waals surface area (Å²) in [6, 6.07) is 19.5. The lowest BCUT2D eigenvalue weighted by Gasteiger charge is -2.15. The first-order valence-corrected chi connectivity index (χ1v) is 9.58. The number of aryl methyl sites for hydroxylation is 1. The van der Waals surface area contributed by atoms with Crippen molar-refractivity contribution in [3.05, 3.63) is 88.5 Å². The number of hydrogen-bond acceptors (Lipinski definition) is 2. The average molecular weight is 390 g/mol. The fourth-order valence-electron chi connectivity index (χ4n) is 3.49. The Balaban J connectivity index is 1.57. The molecule has 0 aromatic heterocycles. The molecular weight excluding hydrogens is 370 g/mol. The van der Waals surface area contributed by atoms with Gasteiger partial charge in [0.15, 0.2) is 0 Å². The summed E-state index contributed by atoms with van der Waals surface area (Å²) < 4.78 is 5.18. The van der Waals surface area contributed by atoms with Crippen molar-refractivity contribution in [2.75, 3.05) is 12.4 Å². The topological polar surface area (TPSA) is 38.3 Å². The van der Waals surface area contributed by atoms with Gasteiger partial charge in [0.1, 0.15) is 5.75 Å². The maximum atomic E-state index is 12.6. The van der Waals surface area contributed by atoms with E-state index in [1.807, 2.05) is 24.3 Å². The predicted molar refractivity (Wildman–Crippen MR) is 115 cm³/mol. The lowest BCUT2D eigenvalue weighted by atomic mass is 9.90. The highest BCUT2D eigenvalue weighted by Gasteiger charge is 2.15. The average Bonchev–Trinajstić information content (AvgIpc) is 2.74. The SMILES string of the molecule is COc1cccc(C(=O)Nc2ccc(-c3cccc4c3C=CCC4)cc2)c1Cl. The van der Waals surface area contributed by atoms with E-state index in [4.69, 9.17) is 16.3 Å². The molecular formula is C24H20ClNO2. The Morgan fingerprint density at radius 2 is 1.82 bits per heavy atom. The number of benzene rings is 3. The van der Waals surface area contributed by atoms with Crippen LogP contribution in [0.5, 0.6) is 5.75 Å². The standard InChI is InChI=1S/C24H20ClNO2/c1-28-22-11-5-10-21(23(22)25)24(27)26-18-14-12-17(13-15-18)20-9-4-7-16-6-2-3-8-19(16)20/h3-5,7-15H,2,6H2,1H3,(H,26,27). The van der Waals surface area contributed by atoms with Crippen molar-refractivity contribution in [1.29, 1.82) is 0 Å². The van der Waals surface area contributed by atoms with Gasteiger partial charge in [-0.25, -0.2) is 0 Å². The minimum absolute atomic E-state index is 0.267. The molecule has 0 heterocycles. The Morgan fingerprint density at radius 1 is 1.04 bits per heavy atom. The van der Waals surface area contributed by atoms with Gasteiger partial charge >= 0.3 is 0 Å². The molecule has 1 aliphatic rings. The first kappa shape index (κ1) is 18.3. The first-order chi connectivity index (χ1) is 13.7. The number of nitrogens with one attached hydrogen (secondary N) is 1. The quantitative estimate of drug-likeness (QED) is 0.574. The molecule has 1 N–H and O–H groups in total. The highest BCUT2D eigenvalue weighted by atomic mass is 35.5. The molecule has 0 unspecified atom stereocenters. The van der Waals surface area contributed by atoms with Gasteiger partial charge in [-0.3, -0.25) is 4.79 Å². The summed E-state index contributed by atoms with van der Waals surface area (Å²) >= 11 is 6.25. The third-order valence-electron chi connectivity index (χ3n) is 4.94. The minimum atomic E-state index is -0.267. The van der Waals surface area contributed by atoms with Crippen molar-refractivity contribution in [3.63, 3.8) is 0 Å². The van der Waals surface area contributed by atoms with E-state index in [0.29, 0.717) is 22.0 Å². The summed E-state index contributed by atoms with van der Waals surface area (Å²) in [6.45, 7) is 0. The molecule has 28 heavy (non-hydrogen) atoms. The molecule has 3 aromatic rings. The molecule has 0 fully saturated rings. The van der Waals surface area contributed by atoms with Crippen LogP contribution in [-0.4, -0.2) is 13.0 Å². The largest absolute Gasteiger partial charge is 0.495 e. The van der Waals surface area contributed by atoms with E-state index in [0.717, 1.165) is 18.4 Å². The summed E-state index contributed by atoms with van der Waals surface area (Å²) in [7, 11) is 1.53. The highest BCUT2D eigenvalue weighted by Crippen LogP contribution is 2.32. The third-order valence-corrected chi connectivity index (χ3v) is 5.33. The van der Waals surface area contributed by atoms with Crippen molar-refractivity contribution in [2.45, 2.75) is 12.8 Å². The number of fused-ring (bicyclic) bond motifs is 1. The summed E-state index contributed by atoms with van der Waals surface area (Å²) in [5.74, 6) is 0.211. The maximum absolute atomic E-state index is 12.6. The van der Waals surface area contributed by atoms with Crippen molar-refractivity contribution in [3.8, 4) is 16.9 Å². The van der Waals surface area contributed by atoms with Gasteiger partial charge in [-0.05, 0) is 59.4 Å². The van der Waals surface area contributed by atoms with E-state index in [9.17, 15) is 4.79 Å². The highest BCUT2D eigenvalue weighted by molar-refractivity contribution is 6.35. The van der Waals surface area contributed by atoms with Crippen LogP contribution in [0.4, 0.5) is 5.69 Å². The maximum Gasteiger partial charge on any atom is 0.257 e. The zero-order valence-electron chi connectivity index (χ0n) is 15.5. The van der Waals surface area contributed by atoms with E-state index < -0.39 is 0 Å². The van der Waals surface area contributed by atoms with Crippen molar-refractivity contribution in [1.82, 2.24) is 0 Å². The normalized spacial score (nSPS) is 12.4. The van der Waals surface area contributed by atoms with Gasteiger partial charge in [-0.1, -0.05) is 60.2 Å². The molecule has 0 aliphatic heterocycles. The van der Waals surface area contributed by atoms with Gasteiger partial charge in [-0.2, -0.15) is 0 Å². The van der Waals surface area contributed by atoms with E-state index in [-0.39, 0.29) is 5.91 Å². The summed E-state index contributed by atoms with van der Waals surface area (Å²) in [5.41, 5.74) is 6.10. The molecule has 0 spiro atoms. The fraction of sp³-hybridized carbons (Fsp3) is 0.125. The van der Waals surface area contributed by atoms with Crippen LogP contribution in [0.3, 0.4) is 0 Å². The van der Waals surface area contributed by atoms with Crippen LogP contribution in [0.25, 0.3) is 17.2 Å². The van der Waals surface area contributed by atoms with Crippen LogP contribution in [0.1, 0.15) is 27.9 Å². The van der Waals surface area contributed by atoms with Crippen LogP contribution in [0.2, 0.25) is 5.02 Å². The molecule has 3 nitrogen and oxygen atoms in total. The van der Waals surface area contributed by atoms with Crippen LogP contribution in [0, 0.1) is 0 Å². The number of rotatable bonds is 4. The Bertz CT molecular complexity index is 1050. The smallest absolute Gasteiger partial charge is 0.257 e. The number of anilines is 1. The van der Waals surface area contributed by atoms with Crippen molar-refractivity contribution < 1.29 is 9.53 Å². The van der Waals surface area contributed by atoms with E-state index >= 15 is 0 Å². The number of ether oxygens (including phenoxy) is 1. The molecule has 4 rings (SSSR count). The number of carbonyl (C=O) groups is 1. The second-order valence-corrected chi connectivity index (χ2v) is 7.05. The van der Waals surface area contributed by atoms with Gasteiger partial charge in [0, 0.05) is 5.69 Å². The first-order valence-electron chi connectivity index (χ1n) is 9.20. The van der Waals surface area contributed by atoms with Gasteiger partial charge in [0.2, 0.25) is 0 Å². The molecule has 0 radical (unpaired) electrons. The lowest BCUT2D eigenvalue weighted by molar-refractivity contribution is 0.102. The van der Waals surface area contributed by atoms with Crippen LogP contribution >= 0.6 is 11.6 Å². The number of hydrogen-bond donors (Lipinski definition) is 1. The summed E-state index contributed by atoms with van der Waals surface area (Å²) in [4.78, 5) is 12.6. The molecule has 0 saturated carbocycles. The van der Waals surface area contributed by atoms with E-state index in [2.05, 4.69) is 35.7 Å². The number of allylic oxidation sites excluding steroid dienone is 1. The molecule has 0 bridgehead atoms. The van der Waals surface area contributed by atoms with Crippen LogP contribution in [-0.2, 0) is 6.42 Å². The zero-order valence-corrected chi connectivity index (χ0v) is 16.3. The Hall–Kier alpha value is -3.04. The number of halogens is 1. The molecule has 0 atom stereocenters. The van der Waals surface area contributed by atoms with Gasteiger partial charge in [0.05, 0.1) is 17.7 Å². The Labute approximate surface area is 169 Å². The molecule has 1 aliphatic carbocycles. The van der Waals surface area contributed by atoms with E-state index in [1.165, 1.54) is 23.8 Å². The van der Waals surface area contributed by atoms with Gasteiger partial charge < -0.3 is 10.1 Å². The number of methoxy groups -OCH3 is 1. The molecule has 4 heteroatoms. The Kier molecular flexibility index (Phi) is 5.18. The third kappa shape index (κ3) is 3.54. The molecule has 1 amide bonds. The monoisotopic (exact) mass is 389 g/mol. The Morgan fingerprint density at radius 3 is 2.61 bits per heavy atom. The lowest BCUT2D eigenvalue weighted by Crippen LogP contribution is -2.12. The molecule has 0 saturated heterocycles. The van der Waals surface area contributed by atoms with Gasteiger partial charge in [-0.15, -0.1) is 0 Å². The molecule has 140 valence electrons.